The number of nitrogens with one attached hydrogen (secondary N) is 1. The topological polar surface area (TPSA) is 51.5 Å². The lowest BCUT2D eigenvalue weighted by Gasteiger charge is -2.14. The summed E-state index contributed by atoms with van der Waals surface area (Å²) in [5.41, 5.74) is 1.27. The quantitative estimate of drug-likeness (QED) is 0.744. The number of amides is 1. The molecular weight excluding hydrogens is 326 g/mol. The van der Waals surface area contributed by atoms with Gasteiger partial charge in [0.1, 0.15) is 17.1 Å². The van der Waals surface area contributed by atoms with E-state index in [4.69, 9.17) is 20.8 Å². The van der Waals surface area contributed by atoms with E-state index in [0.717, 1.165) is 16.7 Å². The largest absolute Gasteiger partial charge is 0.496 e. The van der Waals surface area contributed by atoms with Gasteiger partial charge < -0.3 is 14.5 Å². The molecule has 0 aliphatic carbocycles. The first-order chi connectivity index (χ1) is 11.6. The molecule has 5 heteroatoms. The molecule has 1 amide bonds. The van der Waals surface area contributed by atoms with Gasteiger partial charge in [-0.1, -0.05) is 29.8 Å². The molecule has 24 heavy (non-hydrogen) atoms. The molecule has 1 N–H and O–H groups in total. The number of ether oxygens (including phenoxy) is 1. The first kappa shape index (κ1) is 16.4. The molecule has 0 spiro atoms. The first-order valence-corrected chi connectivity index (χ1v) is 8.06. The van der Waals surface area contributed by atoms with Crippen LogP contribution in [0.2, 0.25) is 5.02 Å². The highest BCUT2D eigenvalue weighted by molar-refractivity contribution is 6.31. The van der Waals surface area contributed by atoms with Crippen molar-refractivity contribution in [2.45, 2.75) is 19.4 Å². The Morgan fingerprint density at radius 2 is 2.04 bits per heavy atom. The first-order valence-electron chi connectivity index (χ1n) is 7.68. The van der Waals surface area contributed by atoms with Gasteiger partial charge in [-0.05, 0) is 37.3 Å². The maximum Gasteiger partial charge on any atom is 0.255 e. The van der Waals surface area contributed by atoms with Crippen molar-refractivity contribution in [1.82, 2.24) is 5.32 Å². The van der Waals surface area contributed by atoms with Crippen molar-refractivity contribution in [3.8, 4) is 5.75 Å². The number of carbonyl (C=O) groups is 1. The Morgan fingerprint density at radius 3 is 2.79 bits per heavy atom. The molecule has 124 valence electrons. The summed E-state index contributed by atoms with van der Waals surface area (Å²) in [5.74, 6) is 1.10. The fraction of sp³-hybridized carbons (Fsp3) is 0.211. The Morgan fingerprint density at radius 1 is 1.25 bits per heavy atom. The standard InChI is InChI=1S/C19H18ClNO3/c1-12(9-15-10-13-5-3-4-6-17(13)24-15)21-19(22)16-11-14(20)7-8-18(16)23-2/h3-8,10-12H,9H2,1-2H3,(H,21,22)/t12-/m1/s1. The van der Waals surface area contributed by atoms with E-state index in [1.807, 2.05) is 37.3 Å². The fourth-order valence-corrected chi connectivity index (χ4v) is 2.82. The van der Waals surface area contributed by atoms with Crippen LogP contribution in [-0.2, 0) is 6.42 Å². The third-order valence-electron chi connectivity index (χ3n) is 3.77. The minimum absolute atomic E-state index is 0.0956. The van der Waals surface area contributed by atoms with Gasteiger partial charge in [-0.2, -0.15) is 0 Å². The highest BCUT2D eigenvalue weighted by Gasteiger charge is 2.16. The molecule has 3 aromatic rings. The van der Waals surface area contributed by atoms with Crippen LogP contribution >= 0.6 is 11.6 Å². The molecule has 1 atom stereocenters. The molecule has 3 rings (SSSR count). The van der Waals surface area contributed by atoms with Crippen LogP contribution in [0.25, 0.3) is 11.0 Å². The van der Waals surface area contributed by atoms with Gasteiger partial charge in [-0.25, -0.2) is 0 Å². The predicted molar refractivity (Wildman–Crippen MR) is 94.9 cm³/mol. The predicted octanol–water partition coefficient (Wildman–Crippen LogP) is 4.46. The maximum atomic E-state index is 12.5. The van der Waals surface area contributed by atoms with Crippen LogP contribution in [0, 0.1) is 0 Å². The van der Waals surface area contributed by atoms with Crippen LogP contribution in [0.3, 0.4) is 0 Å². The van der Waals surface area contributed by atoms with E-state index in [1.54, 1.807) is 18.2 Å². The summed E-state index contributed by atoms with van der Waals surface area (Å²) in [6.07, 6.45) is 0.600. The summed E-state index contributed by atoms with van der Waals surface area (Å²) in [6.45, 7) is 1.93. The van der Waals surface area contributed by atoms with E-state index < -0.39 is 0 Å². The molecule has 0 saturated carbocycles. The lowest BCUT2D eigenvalue weighted by Crippen LogP contribution is -2.34. The second-order valence-corrected chi connectivity index (χ2v) is 6.11. The highest BCUT2D eigenvalue weighted by atomic mass is 35.5. The van der Waals surface area contributed by atoms with Crippen molar-refractivity contribution in [3.63, 3.8) is 0 Å². The van der Waals surface area contributed by atoms with Crippen LogP contribution in [0.15, 0.2) is 52.9 Å². The molecule has 1 heterocycles. The SMILES string of the molecule is COc1ccc(Cl)cc1C(=O)N[C@H](C)Cc1cc2ccccc2o1. The number of fused-ring (bicyclic) bond motifs is 1. The van der Waals surface area contributed by atoms with Crippen LogP contribution in [0.5, 0.6) is 5.75 Å². The maximum absolute atomic E-state index is 12.5. The van der Waals surface area contributed by atoms with Gasteiger partial charge >= 0.3 is 0 Å². The summed E-state index contributed by atoms with van der Waals surface area (Å²) >= 11 is 5.98. The van der Waals surface area contributed by atoms with Gasteiger partial charge in [0.05, 0.1) is 12.7 Å². The Kier molecular flexibility index (Phi) is 4.76. The van der Waals surface area contributed by atoms with Gasteiger partial charge in [0, 0.05) is 22.9 Å². The molecule has 0 unspecified atom stereocenters. The second-order valence-electron chi connectivity index (χ2n) is 5.67. The third kappa shape index (κ3) is 3.54. The van der Waals surface area contributed by atoms with Crippen molar-refractivity contribution in [3.05, 3.63) is 64.9 Å². The molecule has 2 aromatic carbocycles. The number of rotatable bonds is 5. The van der Waals surface area contributed by atoms with Crippen LogP contribution < -0.4 is 10.1 Å². The summed E-state index contributed by atoms with van der Waals surface area (Å²) < 4.78 is 11.0. The summed E-state index contributed by atoms with van der Waals surface area (Å²) in [6, 6.07) is 14.7. The van der Waals surface area contributed by atoms with Crippen LogP contribution in [0.4, 0.5) is 0 Å². The van der Waals surface area contributed by atoms with Gasteiger partial charge in [0.25, 0.3) is 5.91 Å². The van der Waals surface area contributed by atoms with Gasteiger partial charge in [0.15, 0.2) is 0 Å². The second kappa shape index (κ2) is 6.97. The van der Waals surface area contributed by atoms with E-state index in [0.29, 0.717) is 22.8 Å². The molecule has 0 saturated heterocycles. The van der Waals surface area contributed by atoms with E-state index in [2.05, 4.69) is 5.32 Å². The number of halogens is 1. The zero-order valence-electron chi connectivity index (χ0n) is 13.5. The van der Waals surface area contributed by atoms with Crippen LogP contribution in [-0.4, -0.2) is 19.1 Å². The van der Waals surface area contributed by atoms with E-state index in [9.17, 15) is 4.79 Å². The molecule has 4 nitrogen and oxygen atoms in total. The Balaban J connectivity index is 1.71. The lowest BCUT2D eigenvalue weighted by molar-refractivity contribution is 0.0936. The number of para-hydroxylation sites is 1. The number of benzene rings is 2. The molecule has 0 bridgehead atoms. The third-order valence-corrected chi connectivity index (χ3v) is 4.00. The molecule has 0 radical (unpaired) electrons. The van der Waals surface area contributed by atoms with Crippen molar-refractivity contribution in [2.24, 2.45) is 0 Å². The van der Waals surface area contributed by atoms with Crippen molar-refractivity contribution >= 4 is 28.5 Å². The average molecular weight is 344 g/mol. The summed E-state index contributed by atoms with van der Waals surface area (Å²) in [7, 11) is 1.53. The monoisotopic (exact) mass is 343 g/mol. The van der Waals surface area contributed by atoms with E-state index in [-0.39, 0.29) is 11.9 Å². The number of furan rings is 1. The molecule has 0 aliphatic heterocycles. The molecule has 0 fully saturated rings. The lowest BCUT2D eigenvalue weighted by atomic mass is 10.1. The van der Waals surface area contributed by atoms with E-state index in [1.165, 1.54) is 7.11 Å². The number of hydrogen-bond donors (Lipinski definition) is 1. The zero-order valence-corrected chi connectivity index (χ0v) is 14.3. The molecular formula is C19H18ClNO3. The number of methoxy groups -OCH3 is 1. The number of carbonyl (C=O) groups excluding carboxylic acids is 1. The molecule has 1 aromatic heterocycles. The minimum Gasteiger partial charge on any atom is -0.496 e. The molecule has 0 aliphatic rings. The highest BCUT2D eigenvalue weighted by Crippen LogP contribution is 2.23. The summed E-state index contributed by atoms with van der Waals surface area (Å²) in [5, 5.41) is 4.50. The smallest absolute Gasteiger partial charge is 0.255 e. The Bertz CT molecular complexity index is 839. The number of hydrogen-bond acceptors (Lipinski definition) is 3. The Labute approximate surface area is 145 Å². The van der Waals surface area contributed by atoms with Gasteiger partial charge in [-0.15, -0.1) is 0 Å². The summed E-state index contributed by atoms with van der Waals surface area (Å²) in [4.78, 5) is 12.5. The van der Waals surface area contributed by atoms with E-state index >= 15 is 0 Å². The van der Waals surface area contributed by atoms with Gasteiger partial charge in [-0.3, -0.25) is 4.79 Å². The van der Waals surface area contributed by atoms with Gasteiger partial charge in [0.2, 0.25) is 0 Å². The fourth-order valence-electron chi connectivity index (χ4n) is 2.65. The van der Waals surface area contributed by atoms with Crippen molar-refractivity contribution < 1.29 is 13.9 Å². The Hall–Kier alpha value is -2.46. The zero-order chi connectivity index (χ0) is 17.1. The van der Waals surface area contributed by atoms with Crippen LogP contribution in [0.1, 0.15) is 23.0 Å². The van der Waals surface area contributed by atoms with Crippen molar-refractivity contribution in [2.75, 3.05) is 7.11 Å². The van der Waals surface area contributed by atoms with Crippen molar-refractivity contribution in [1.29, 1.82) is 0 Å². The normalized spacial score (nSPS) is 12.1. The average Bonchev–Trinajstić information content (AvgIpc) is 2.96. The minimum atomic E-state index is -0.224.